The summed E-state index contributed by atoms with van der Waals surface area (Å²) in [6.07, 6.45) is 3.59. The van der Waals surface area contributed by atoms with Crippen LogP contribution in [0.1, 0.15) is 19.8 Å². The van der Waals surface area contributed by atoms with Crippen LogP contribution in [0.15, 0.2) is 12.7 Å². The van der Waals surface area contributed by atoms with Gasteiger partial charge in [0.25, 0.3) is 0 Å². The van der Waals surface area contributed by atoms with Crippen LogP contribution in [0.2, 0.25) is 0 Å². The molecule has 0 heterocycles. The van der Waals surface area contributed by atoms with Gasteiger partial charge in [-0.05, 0) is 13.5 Å². The molecule has 0 aliphatic heterocycles. The van der Waals surface area contributed by atoms with E-state index in [1.54, 1.807) is 6.08 Å². The van der Waals surface area contributed by atoms with E-state index in [1.807, 2.05) is 11.9 Å². The van der Waals surface area contributed by atoms with Gasteiger partial charge in [-0.1, -0.05) is 19.4 Å². The second-order valence-corrected chi connectivity index (χ2v) is 3.06. The quantitative estimate of drug-likeness (QED) is 0.463. The number of likely N-dealkylation sites (N-methyl/N-ethyl adjacent to an activating group) is 1. The molecular formula is C10H19NO2. The summed E-state index contributed by atoms with van der Waals surface area (Å²) in [5.41, 5.74) is 0. The molecule has 0 radical (unpaired) electrons. The van der Waals surface area contributed by atoms with E-state index in [4.69, 9.17) is 4.74 Å². The first-order valence-electron chi connectivity index (χ1n) is 4.56. The lowest BCUT2D eigenvalue weighted by Gasteiger charge is -2.23. The fourth-order valence-corrected chi connectivity index (χ4v) is 1.26. The molecule has 3 nitrogen and oxygen atoms in total. The molecule has 0 aromatic carbocycles. The van der Waals surface area contributed by atoms with Crippen molar-refractivity contribution in [2.24, 2.45) is 0 Å². The Balaban J connectivity index is 4.21. The van der Waals surface area contributed by atoms with Gasteiger partial charge in [0.2, 0.25) is 0 Å². The van der Waals surface area contributed by atoms with Gasteiger partial charge in [-0.25, -0.2) is 0 Å². The van der Waals surface area contributed by atoms with Gasteiger partial charge in [-0.15, -0.1) is 6.58 Å². The molecule has 0 N–H and O–H groups in total. The molecular weight excluding hydrogens is 166 g/mol. The molecule has 0 bridgehead atoms. The number of esters is 1. The van der Waals surface area contributed by atoms with Gasteiger partial charge in [0.1, 0.15) is 6.04 Å². The van der Waals surface area contributed by atoms with Crippen LogP contribution in [0.5, 0.6) is 0 Å². The Labute approximate surface area is 80.4 Å². The van der Waals surface area contributed by atoms with Gasteiger partial charge in [-0.3, -0.25) is 9.69 Å². The van der Waals surface area contributed by atoms with Gasteiger partial charge in [0, 0.05) is 6.54 Å². The molecule has 0 fully saturated rings. The van der Waals surface area contributed by atoms with Crippen LogP contribution in [0, 0.1) is 0 Å². The number of carbonyl (C=O) groups is 1. The third-order valence-electron chi connectivity index (χ3n) is 1.98. The van der Waals surface area contributed by atoms with Gasteiger partial charge in [0.15, 0.2) is 0 Å². The normalized spacial score (nSPS) is 12.6. The lowest BCUT2D eigenvalue weighted by atomic mass is 10.1. The maximum Gasteiger partial charge on any atom is 0.323 e. The van der Waals surface area contributed by atoms with Crippen LogP contribution in [-0.4, -0.2) is 37.6 Å². The van der Waals surface area contributed by atoms with Crippen molar-refractivity contribution in [2.45, 2.75) is 25.8 Å². The van der Waals surface area contributed by atoms with Gasteiger partial charge in [0.05, 0.1) is 7.11 Å². The average Bonchev–Trinajstić information content (AvgIpc) is 2.13. The first-order valence-corrected chi connectivity index (χ1v) is 4.56. The Morgan fingerprint density at radius 1 is 1.69 bits per heavy atom. The molecule has 1 atom stereocenters. The zero-order valence-electron chi connectivity index (χ0n) is 8.75. The largest absolute Gasteiger partial charge is 0.468 e. The van der Waals surface area contributed by atoms with Crippen molar-refractivity contribution in [2.75, 3.05) is 20.7 Å². The fraction of sp³-hybridized carbons (Fsp3) is 0.700. The van der Waals surface area contributed by atoms with E-state index in [0.29, 0.717) is 6.54 Å². The molecule has 1 unspecified atom stereocenters. The number of methoxy groups -OCH3 is 1. The molecule has 76 valence electrons. The minimum Gasteiger partial charge on any atom is -0.468 e. The van der Waals surface area contributed by atoms with Crippen molar-refractivity contribution in [1.82, 2.24) is 4.90 Å². The summed E-state index contributed by atoms with van der Waals surface area (Å²) >= 11 is 0. The predicted molar refractivity (Wildman–Crippen MR) is 53.5 cm³/mol. The molecule has 0 aromatic heterocycles. The highest BCUT2D eigenvalue weighted by Crippen LogP contribution is 2.06. The van der Waals surface area contributed by atoms with Crippen LogP contribution in [0.4, 0.5) is 0 Å². The van der Waals surface area contributed by atoms with E-state index >= 15 is 0 Å². The van der Waals surface area contributed by atoms with Crippen molar-refractivity contribution in [3.05, 3.63) is 12.7 Å². The summed E-state index contributed by atoms with van der Waals surface area (Å²) in [7, 11) is 3.33. The Morgan fingerprint density at radius 3 is 2.69 bits per heavy atom. The van der Waals surface area contributed by atoms with E-state index in [1.165, 1.54) is 7.11 Å². The second kappa shape index (κ2) is 6.66. The fourth-order valence-electron chi connectivity index (χ4n) is 1.26. The minimum atomic E-state index is -0.161. The molecule has 0 saturated carbocycles. The highest BCUT2D eigenvalue weighted by molar-refractivity contribution is 5.75. The smallest absolute Gasteiger partial charge is 0.323 e. The monoisotopic (exact) mass is 185 g/mol. The number of carbonyl (C=O) groups excluding carboxylic acids is 1. The van der Waals surface area contributed by atoms with Crippen molar-refractivity contribution >= 4 is 5.97 Å². The van der Waals surface area contributed by atoms with E-state index in [-0.39, 0.29) is 12.0 Å². The Morgan fingerprint density at radius 2 is 2.31 bits per heavy atom. The first-order chi connectivity index (χ1) is 6.17. The van der Waals surface area contributed by atoms with Crippen LogP contribution in [-0.2, 0) is 9.53 Å². The van der Waals surface area contributed by atoms with Crippen molar-refractivity contribution in [3.8, 4) is 0 Å². The Kier molecular flexibility index (Phi) is 6.24. The molecule has 13 heavy (non-hydrogen) atoms. The molecule has 0 saturated heterocycles. The standard InChI is InChI=1S/C10H19NO2/c1-5-7-9(10(12)13-4)11(3)8-6-2/h6,9H,2,5,7-8H2,1,3-4H3. The average molecular weight is 185 g/mol. The van der Waals surface area contributed by atoms with Gasteiger partial charge in [-0.2, -0.15) is 0 Å². The summed E-state index contributed by atoms with van der Waals surface area (Å²) in [6.45, 7) is 6.40. The summed E-state index contributed by atoms with van der Waals surface area (Å²) in [5, 5.41) is 0. The topological polar surface area (TPSA) is 29.5 Å². The molecule has 0 aromatic rings. The summed E-state index contributed by atoms with van der Waals surface area (Å²) in [5.74, 6) is -0.161. The van der Waals surface area contributed by atoms with E-state index in [9.17, 15) is 4.79 Å². The molecule has 0 amide bonds. The Hall–Kier alpha value is -0.830. The SMILES string of the molecule is C=CCN(C)C(CCC)C(=O)OC. The maximum absolute atomic E-state index is 11.3. The highest BCUT2D eigenvalue weighted by Gasteiger charge is 2.21. The van der Waals surface area contributed by atoms with Crippen LogP contribution >= 0.6 is 0 Å². The van der Waals surface area contributed by atoms with Crippen molar-refractivity contribution in [3.63, 3.8) is 0 Å². The lowest BCUT2D eigenvalue weighted by Crippen LogP contribution is -2.39. The molecule has 3 heteroatoms. The predicted octanol–water partition coefficient (Wildman–Crippen LogP) is 1.45. The molecule has 0 aliphatic rings. The third kappa shape index (κ3) is 4.08. The lowest BCUT2D eigenvalue weighted by molar-refractivity contribution is -0.146. The number of hydrogen-bond donors (Lipinski definition) is 0. The highest BCUT2D eigenvalue weighted by atomic mass is 16.5. The number of ether oxygens (including phenoxy) is 1. The zero-order chi connectivity index (χ0) is 10.3. The van der Waals surface area contributed by atoms with E-state index in [0.717, 1.165) is 12.8 Å². The summed E-state index contributed by atoms with van der Waals surface area (Å²) in [4.78, 5) is 13.3. The van der Waals surface area contributed by atoms with Crippen LogP contribution in [0.3, 0.4) is 0 Å². The third-order valence-corrected chi connectivity index (χ3v) is 1.98. The Bertz CT molecular complexity index is 168. The van der Waals surface area contributed by atoms with Gasteiger partial charge < -0.3 is 4.74 Å². The number of nitrogens with zero attached hydrogens (tertiary/aromatic N) is 1. The molecule has 0 aliphatic carbocycles. The first kappa shape index (κ1) is 12.2. The van der Waals surface area contributed by atoms with Crippen LogP contribution in [0.25, 0.3) is 0 Å². The number of hydrogen-bond acceptors (Lipinski definition) is 3. The number of rotatable bonds is 6. The second-order valence-electron chi connectivity index (χ2n) is 3.06. The summed E-state index contributed by atoms with van der Waals surface area (Å²) in [6, 6.07) is -0.131. The maximum atomic E-state index is 11.3. The zero-order valence-corrected chi connectivity index (χ0v) is 8.75. The van der Waals surface area contributed by atoms with Crippen molar-refractivity contribution < 1.29 is 9.53 Å². The van der Waals surface area contributed by atoms with E-state index in [2.05, 4.69) is 13.5 Å². The molecule has 0 rings (SSSR count). The van der Waals surface area contributed by atoms with Crippen molar-refractivity contribution in [1.29, 1.82) is 0 Å². The van der Waals surface area contributed by atoms with Crippen LogP contribution < -0.4 is 0 Å². The van der Waals surface area contributed by atoms with E-state index < -0.39 is 0 Å². The summed E-state index contributed by atoms with van der Waals surface area (Å²) < 4.78 is 4.72. The minimum absolute atomic E-state index is 0.131. The molecule has 0 spiro atoms. The van der Waals surface area contributed by atoms with Gasteiger partial charge >= 0.3 is 5.97 Å².